The van der Waals surface area contributed by atoms with Crippen molar-refractivity contribution in [1.82, 2.24) is 4.90 Å². The first-order valence-corrected chi connectivity index (χ1v) is 7.43. The molecule has 2 rings (SSSR count). The largest absolute Gasteiger partial charge is 0.494 e. The molecule has 0 radical (unpaired) electrons. The van der Waals surface area contributed by atoms with Gasteiger partial charge in [-0.15, -0.1) is 0 Å². The minimum atomic E-state index is 0.0957. The maximum atomic E-state index is 12.5. The van der Waals surface area contributed by atoms with Crippen LogP contribution in [0.4, 0.5) is 0 Å². The molecule has 1 aromatic rings. The van der Waals surface area contributed by atoms with Crippen molar-refractivity contribution in [3.05, 3.63) is 29.8 Å². The van der Waals surface area contributed by atoms with E-state index in [1.807, 2.05) is 36.1 Å². The Morgan fingerprint density at radius 2 is 2.05 bits per heavy atom. The van der Waals surface area contributed by atoms with Crippen molar-refractivity contribution < 1.29 is 9.53 Å². The highest BCUT2D eigenvalue weighted by Crippen LogP contribution is 2.21. The van der Waals surface area contributed by atoms with Crippen LogP contribution in [0.5, 0.6) is 5.75 Å². The third-order valence-electron chi connectivity index (χ3n) is 4.02. The van der Waals surface area contributed by atoms with Crippen molar-refractivity contribution in [2.24, 2.45) is 11.7 Å². The van der Waals surface area contributed by atoms with Crippen LogP contribution in [0.1, 0.15) is 37.0 Å². The third-order valence-corrected chi connectivity index (χ3v) is 4.02. The number of carbonyl (C=O) groups is 1. The van der Waals surface area contributed by atoms with Gasteiger partial charge in [0.25, 0.3) is 5.91 Å². The second kappa shape index (κ2) is 6.75. The summed E-state index contributed by atoms with van der Waals surface area (Å²) in [7, 11) is 0. The van der Waals surface area contributed by atoms with E-state index >= 15 is 0 Å². The molecule has 0 spiro atoms. The lowest BCUT2D eigenvalue weighted by molar-refractivity contribution is 0.0649. The molecule has 1 aliphatic heterocycles. The molecule has 2 N–H and O–H groups in total. The molecule has 0 bridgehead atoms. The number of benzene rings is 1. The van der Waals surface area contributed by atoms with Gasteiger partial charge in [-0.25, -0.2) is 0 Å². The molecule has 0 aromatic heterocycles. The fourth-order valence-corrected chi connectivity index (χ4v) is 2.71. The number of nitrogens with two attached hydrogens (primary N) is 1. The topological polar surface area (TPSA) is 55.6 Å². The Hall–Kier alpha value is -1.55. The molecule has 110 valence electrons. The zero-order valence-corrected chi connectivity index (χ0v) is 12.3. The zero-order valence-electron chi connectivity index (χ0n) is 12.3. The minimum Gasteiger partial charge on any atom is -0.494 e. The number of likely N-dealkylation sites (tertiary alicyclic amines) is 1. The van der Waals surface area contributed by atoms with Crippen molar-refractivity contribution in [3.63, 3.8) is 0 Å². The quantitative estimate of drug-likeness (QED) is 0.918. The highest BCUT2D eigenvalue weighted by atomic mass is 16.5. The van der Waals surface area contributed by atoms with Gasteiger partial charge >= 0.3 is 0 Å². The van der Waals surface area contributed by atoms with Crippen LogP contribution in [-0.2, 0) is 0 Å². The summed E-state index contributed by atoms with van der Waals surface area (Å²) in [6.45, 7) is 6.24. The summed E-state index contributed by atoms with van der Waals surface area (Å²) in [5.74, 6) is 1.31. The van der Waals surface area contributed by atoms with Crippen LogP contribution in [0, 0.1) is 5.92 Å². The van der Waals surface area contributed by atoms with E-state index in [2.05, 4.69) is 6.92 Å². The monoisotopic (exact) mass is 276 g/mol. The number of piperidine rings is 1. The molecule has 4 nitrogen and oxygen atoms in total. The van der Waals surface area contributed by atoms with Crippen LogP contribution in [0.15, 0.2) is 24.3 Å². The Balaban J connectivity index is 2.03. The number of ether oxygens (including phenoxy) is 1. The lowest BCUT2D eigenvalue weighted by Gasteiger charge is -2.36. The highest BCUT2D eigenvalue weighted by Gasteiger charge is 2.28. The standard InChI is InChI=1S/C16H24N2O2/c1-3-12-11-18(10-9-15(12)17)16(19)13-5-7-14(8-6-13)20-4-2/h5-8,12,15H,3-4,9-11,17H2,1-2H3. The van der Waals surface area contributed by atoms with Crippen LogP contribution >= 0.6 is 0 Å². The van der Waals surface area contributed by atoms with Crippen molar-refractivity contribution in [3.8, 4) is 5.75 Å². The van der Waals surface area contributed by atoms with E-state index in [0.717, 1.165) is 37.2 Å². The summed E-state index contributed by atoms with van der Waals surface area (Å²) in [4.78, 5) is 14.4. The molecule has 20 heavy (non-hydrogen) atoms. The fourth-order valence-electron chi connectivity index (χ4n) is 2.71. The molecule has 4 heteroatoms. The van der Waals surface area contributed by atoms with Gasteiger partial charge in [0.05, 0.1) is 6.61 Å². The molecule has 1 aliphatic rings. The summed E-state index contributed by atoms with van der Waals surface area (Å²) >= 11 is 0. The summed E-state index contributed by atoms with van der Waals surface area (Å²) in [6.07, 6.45) is 1.91. The predicted molar refractivity (Wildman–Crippen MR) is 79.9 cm³/mol. The number of rotatable bonds is 4. The molecule has 0 saturated carbocycles. The average molecular weight is 276 g/mol. The van der Waals surface area contributed by atoms with Gasteiger partial charge < -0.3 is 15.4 Å². The van der Waals surface area contributed by atoms with Gasteiger partial charge in [0.15, 0.2) is 0 Å². The SMILES string of the molecule is CCOc1ccc(C(=O)N2CCC(N)C(CC)C2)cc1. The maximum Gasteiger partial charge on any atom is 0.253 e. The molecule has 1 heterocycles. The molecular formula is C16H24N2O2. The molecule has 0 aliphatic carbocycles. The molecule has 1 fully saturated rings. The number of hydrogen-bond acceptors (Lipinski definition) is 3. The van der Waals surface area contributed by atoms with E-state index in [9.17, 15) is 4.79 Å². The number of hydrogen-bond donors (Lipinski definition) is 1. The maximum absolute atomic E-state index is 12.5. The Bertz CT molecular complexity index is 444. The second-order valence-corrected chi connectivity index (χ2v) is 5.33. The van der Waals surface area contributed by atoms with Crippen LogP contribution < -0.4 is 10.5 Å². The van der Waals surface area contributed by atoms with E-state index in [1.165, 1.54) is 0 Å². The fraction of sp³-hybridized carbons (Fsp3) is 0.562. The van der Waals surface area contributed by atoms with Crippen LogP contribution in [0.2, 0.25) is 0 Å². The number of amides is 1. The number of carbonyl (C=O) groups excluding carboxylic acids is 1. The Morgan fingerprint density at radius 3 is 2.65 bits per heavy atom. The highest BCUT2D eigenvalue weighted by molar-refractivity contribution is 5.94. The summed E-state index contributed by atoms with van der Waals surface area (Å²) in [6, 6.07) is 7.60. The Kier molecular flexibility index (Phi) is 5.01. The first kappa shape index (κ1) is 14.9. The van der Waals surface area contributed by atoms with Crippen LogP contribution in [0.25, 0.3) is 0 Å². The minimum absolute atomic E-state index is 0.0957. The van der Waals surface area contributed by atoms with Crippen molar-refractivity contribution in [2.45, 2.75) is 32.7 Å². The van der Waals surface area contributed by atoms with Crippen LogP contribution in [0.3, 0.4) is 0 Å². The van der Waals surface area contributed by atoms with Gasteiger partial charge in [-0.2, -0.15) is 0 Å². The molecular weight excluding hydrogens is 252 g/mol. The van der Waals surface area contributed by atoms with E-state index < -0.39 is 0 Å². The van der Waals surface area contributed by atoms with E-state index in [0.29, 0.717) is 12.5 Å². The third kappa shape index (κ3) is 3.31. The van der Waals surface area contributed by atoms with Crippen LogP contribution in [-0.4, -0.2) is 36.5 Å². The number of nitrogens with zero attached hydrogens (tertiary/aromatic N) is 1. The molecule has 2 atom stereocenters. The summed E-state index contributed by atoms with van der Waals surface area (Å²) in [5.41, 5.74) is 6.81. The average Bonchev–Trinajstić information content (AvgIpc) is 2.48. The van der Waals surface area contributed by atoms with Gasteiger partial charge in [0.1, 0.15) is 5.75 Å². The first-order valence-electron chi connectivity index (χ1n) is 7.43. The molecule has 2 unspecified atom stereocenters. The van der Waals surface area contributed by atoms with Gasteiger partial charge in [0.2, 0.25) is 0 Å². The van der Waals surface area contributed by atoms with E-state index in [1.54, 1.807) is 0 Å². The lowest BCUT2D eigenvalue weighted by atomic mass is 9.90. The van der Waals surface area contributed by atoms with Gasteiger partial charge in [-0.05, 0) is 43.5 Å². The molecule has 1 saturated heterocycles. The summed E-state index contributed by atoms with van der Waals surface area (Å²) < 4.78 is 5.39. The first-order chi connectivity index (χ1) is 9.65. The predicted octanol–water partition coefficient (Wildman–Crippen LogP) is 2.28. The lowest BCUT2D eigenvalue weighted by Crippen LogP contribution is -2.49. The van der Waals surface area contributed by atoms with Crippen molar-refractivity contribution in [1.29, 1.82) is 0 Å². The Labute approximate surface area is 120 Å². The zero-order chi connectivity index (χ0) is 14.5. The smallest absolute Gasteiger partial charge is 0.253 e. The molecule has 1 amide bonds. The Morgan fingerprint density at radius 1 is 1.35 bits per heavy atom. The van der Waals surface area contributed by atoms with Crippen molar-refractivity contribution in [2.75, 3.05) is 19.7 Å². The van der Waals surface area contributed by atoms with Gasteiger partial charge in [-0.1, -0.05) is 13.3 Å². The second-order valence-electron chi connectivity index (χ2n) is 5.33. The van der Waals surface area contributed by atoms with E-state index in [-0.39, 0.29) is 11.9 Å². The van der Waals surface area contributed by atoms with Gasteiger partial charge in [-0.3, -0.25) is 4.79 Å². The molecule has 1 aromatic carbocycles. The normalized spacial score (nSPS) is 22.6. The van der Waals surface area contributed by atoms with Gasteiger partial charge in [0, 0.05) is 24.7 Å². The van der Waals surface area contributed by atoms with Crippen molar-refractivity contribution >= 4 is 5.91 Å². The van der Waals surface area contributed by atoms with E-state index in [4.69, 9.17) is 10.5 Å². The summed E-state index contributed by atoms with van der Waals surface area (Å²) in [5, 5.41) is 0.